The van der Waals surface area contributed by atoms with Gasteiger partial charge in [0.25, 0.3) is 5.91 Å². The molecule has 0 spiro atoms. The Balaban J connectivity index is 0.00000106. The summed E-state index contributed by atoms with van der Waals surface area (Å²) < 4.78 is 5.32. The van der Waals surface area contributed by atoms with E-state index in [9.17, 15) is 4.79 Å². The first kappa shape index (κ1) is 14.4. The number of nitrogens with zero attached hydrogens (tertiary/aromatic N) is 1. The van der Waals surface area contributed by atoms with Gasteiger partial charge in [-0.1, -0.05) is 27.0 Å². The van der Waals surface area contributed by atoms with Crippen molar-refractivity contribution in [2.75, 3.05) is 0 Å². The zero-order chi connectivity index (χ0) is 12.9. The van der Waals surface area contributed by atoms with E-state index < -0.39 is 5.60 Å². The lowest BCUT2D eigenvalue weighted by molar-refractivity contribution is -0.138. The van der Waals surface area contributed by atoms with Gasteiger partial charge in [0.05, 0.1) is 0 Å². The van der Waals surface area contributed by atoms with Gasteiger partial charge in [0, 0.05) is 5.70 Å². The predicted molar refractivity (Wildman–Crippen MR) is 66.0 cm³/mol. The third-order valence-corrected chi connectivity index (χ3v) is 1.72. The van der Waals surface area contributed by atoms with Crippen molar-refractivity contribution in [1.29, 1.82) is 0 Å². The molecule has 1 aliphatic rings. The van der Waals surface area contributed by atoms with Gasteiger partial charge in [-0.2, -0.15) is 0 Å². The molecule has 1 aliphatic heterocycles. The second-order valence-corrected chi connectivity index (χ2v) is 3.69. The molecule has 4 heteroatoms. The van der Waals surface area contributed by atoms with E-state index in [1.54, 1.807) is 20.8 Å². The summed E-state index contributed by atoms with van der Waals surface area (Å²) >= 11 is 0. The fraction of sp³-hybridized carbons (Fsp3) is 0.500. The number of rotatable bonds is 1. The molecule has 1 saturated heterocycles. The molecule has 1 fully saturated rings. The molecule has 1 heterocycles. The third-order valence-electron chi connectivity index (χ3n) is 1.72. The highest BCUT2D eigenvalue weighted by Gasteiger charge is 2.36. The van der Waals surface area contributed by atoms with Gasteiger partial charge in [0.2, 0.25) is 0 Å². The van der Waals surface area contributed by atoms with Crippen LogP contribution >= 0.6 is 0 Å². The predicted octanol–water partition coefficient (Wildman–Crippen LogP) is 2.38. The van der Waals surface area contributed by atoms with Crippen LogP contribution in [0.15, 0.2) is 29.6 Å². The number of amides is 1. The molecule has 0 atom stereocenters. The molecular formula is C12H20N2O2. The second-order valence-electron chi connectivity index (χ2n) is 3.69. The molecule has 0 radical (unpaired) electrons. The van der Waals surface area contributed by atoms with Gasteiger partial charge in [-0.25, -0.2) is 4.99 Å². The standard InChI is InChI=1S/C10H14N2O2.C2H6/c1-6(2)11-8-7(3)14-10(4,5)9(13)12-8;1-2/h1,3H2,2,4-5H3,(H,11,12,13);1-2H3. The number of morpholine rings is 1. The van der Waals surface area contributed by atoms with Crippen molar-refractivity contribution in [3.05, 3.63) is 24.6 Å². The Bertz CT molecular complexity index is 341. The zero-order valence-corrected chi connectivity index (χ0v) is 10.7. The van der Waals surface area contributed by atoms with Gasteiger partial charge < -0.3 is 10.1 Å². The minimum absolute atomic E-state index is 0.232. The van der Waals surface area contributed by atoms with Crippen LogP contribution in [-0.4, -0.2) is 17.3 Å². The van der Waals surface area contributed by atoms with Crippen molar-refractivity contribution in [3.63, 3.8) is 0 Å². The molecule has 0 aliphatic carbocycles. The van der Waals surface area contributed by atoms with Crippen LogP contribution in [0.1, 0.15) is 34.6 Å². The highest BCUT2D eigenvalue weighted by molar-refractivity contribution is 6.11. The molecule has 16 heavy (non-hydrogen) atoms. The third kappa shape index (κ3) is 3.53. The Hall–Kier alpha value is -1.58. The summed E-state index contributed by atoms with van der Waals surface area (Å²) in [5.74, 6) is 0.462. The number of carbonyl (C=O) groups is 1. The van der Waals surface area contributed by atoms with Crippen LogP contribution in [0, 0.1) is 0 Å². The first-order valence-electron chi connectivity index (χ1n) is 5.27. The lowest BCUT2D eigenvalue weighted by Gasteiger charge is -2.31. The number of carbonyl (C=O) groups excluding carboxylic acids is 1. The van der Waals surface area contributed by atoms with E-state index in [0.29, 0.717) is 17.3 Å². The van der Waals surface area contributed by atoms with Crippen LogP contribution < -0.4 is 5.32 Å². The molecule has 0 unspecified atom stereocenters. The van der Waals surface area contributed by atoms with Crippen LogP contribution in [0.4, 0.5) is 0 Å². The van der Waals surface area contributed by atoms with Crippen molar-refractivity contribution in [3.8, 4) is 0 Å². The molecule has 0 saturated carbocycles. The first-order chi connectivity index (χ1) is 7.33. The molecule has 4 nitrogen and oxygen atoms in total. The van der Waals surface area contributed by atoms with Gasteiger partial charge in [-0.05, 0) is 20.8 Å². The van der Waals surface area contributed by atoms with Gasteiger partial charge in [0.1, 0.15) is 0 Å². The zero-order valence-electron chi connectivity index (χ0n) is 10.7. The number of nitrogens with one attached hydrogen (secondary N) is 1. The molecule has 1 N–H and O–H groups in total. The molecule has 0 aromatic heterocycles. The molecule has 1 rings (SSSR count). The monoisotopic (exact) mass is 224 g/mol. The van der Waals surface area contributed by atoms with Crippen LogP contribution in [-0.2, 0) is 9.53 Å². The number of aliphatic imine (C=N–C) groups is 1. The highest BCUT2D eigenvalue weighted by Crippen LogP contribution is 2.19. The van der Waals surface area contributed by atoms with Gasteiger partial charge >= 0.3 is 0 Å². The number of ether oxygens (including phenoxy) is 1. The SMILES string of the molecule is C=C(C)N=C1NC(=O)C(C)(C)OC1=C.CC. The lowest BCUT2D eigenvalue weighted by atomic mass is 10.1. The van der Waals surface area contributed by atoms with Crippen LogP contribution in [0.3, 0.4) is 0 Å². The van der Waals surface area contributed by atoms with Crippen molar-refractivity contribution in [2.45, 2.75) is 40.2 Å². The van der Waals surface area contributed by atoms with E-state index in [4.69, 9.17) is 4.74 Å². The summed E-state index contributed by atoms with van der Waals surface area (Å²) in [5, 5.41) is 2.61. The maximum Gasteiger partial charge on any atom is 0.269 e. The van der Waals surface area contributed by atoms with E-state index >= 15 is 0 Å². The fourth-order valence-electron chi connectivity index (χ4n) is 1.01. The summed E-state index contributed by atoms with van der Waals surface area (Å²) in [7, 11) is 0. The molecule has 0 aromatic rings. The summed E-state index contributed by atoms with van der Waals surface area (Å²) in [6.07, 6.45) is 0. The van der Waals surface area contributed by atoms with Crippen LogP contribution in [0.25, 0.3) is 0 Å². The molecule has 1 amide bonds. The van der Waals surface area contributed by atoms with Gasteiger partial charge in [-0.3, -0.25) is 4.79 Å². The number of hydrogen-bond donors (Lipinski definition) is 1. The van der Waals surface area contributed by atoms with Crippen molar-refractivity contribution in [2.24, 2.45) is 4.99 Å². The normalized spacial score (nSPS) is 20.4. The second kappa shape index (κ2) is 5.49. The number of allylic oxidation sites excluding steroid dienone is 1. The van der Waals surface area contributed by atoms with Crippen LogP contribution in [0.2, 0.25) is 0 Å². The molecule has 90 valence electrons. The van der Waals surface area contributed by atoms with Crippen molar-refractivity contribution in [1.82, 2.24) is 5.32 Å². The van der Waals surface area contributed by atoms with Crippen LogP contribution in [0.5, 0.6) is 0 Å². The first-order valence-corrected chi connectivity index (χ1v) is 5.27. The van der Waals surface area contributed by atoms with Gasteiger partial charge in [0.15, 0.2) is 17.2 Å². The van der Waals surface area contributed by atoms with E-state index in [1.165, 1.54) is 0 Å². The van der Waals surface area contributed by atoms with E-state index in [0.717, 1.165) is 0 Å². The lowest BCUT2D eigenvalue weighted by Crippen LogP contribution is -2.52. The minimum atomic E-state index is -0.884. The average Bonchev–Trinajstić information content (AvgIpc) is 2.16. The highest BCUT2D eigenvalue weighted by atomic mass is 16.5. The Labute approximate surface area is 97.1 Å². The van der Waals surface area contributed by atoms with Gasteiger partial charge in [-0.15, -0.1) is 0 Å². The number of amidine groups is 1. The largest absolute Gasteiger partial charge is 0.475 e. The van der Waals surface area contributed by atoms with E-state index in [2.05, 4.69) is 23.5 Å². The van der Waals surface area contributed by atoms with E-state index in [1.807, 2.05) is 13.8 Å². The molecule has 0 bridgehead atoms. The summed E-state index contributed by atoms with van der Waals surface area (Å²) in [5.41, 5.74) is -0.296. The maximum atomic E-state index is 11.5. The van der Waals surface area contributed by atoms with Crippen molar-refractivity contribution < 1.29 is 9.53 Å². The summed E-state index contributed by atoms with van der Waals surface area (Å²) in [6.45, 7) is 16.4. The summed E-state index contributed by atoms with van der Waals surface area (Å²) in [4.78, 5) is 15.5. The Kier molecular flexibility index (Phi) is 4.95. The fourth-order valence-corrected chi connectivity index (χ4v) is 1.01. The van der Waals surface area contributed by atoms with Crippen molar-refractivity contribution >= 4 is 11.7 Å². The quantitative estimate of drug-likeness (QED) is 0.743. The molecule has 0 aromatic carbocycles. The Morgan fingerprint density at radius 1 is 1.44 bits per heavy atom. The Morgan fingerprint density at radius 3 is 2.38 bits per heavy atom. The molecular weight excluding hydrogens is 204 g/mol. The topological polar surface area (TPSA) is 50.7 Å². The Morgan fingerprint density at radius 2 is 1.94 bits per heavy atom. The van der Waals surface area contributed by atoms with E-state index in [-0.39, 0.29) is 5.91 Å². The summed E-state index contributed by atoms with van der Waals surface area (Å²) in [6, 6.07) is 0. The smallest absolute Gasteiger partial charge is 0.269 e. The minimum Gasteiger partial charge on any atom is -0.475 e. The maximum absolute atomic E-state index is 11.5. The average molecular weight is 224 g/mol. The number of hydrogen-bond acceptors (Lipinski definition) is 3.